The highest BCUT2D eigenvalue weighted by molar-refractivity contribution is 7.99. The van der Waals surface area contributed by atoms with Gasteiger partial charge in [-0.2, -0.15) is 0 Å². The molecule has 4 heteroatoms. The molecule has 0 bridgehead atoms. The van der Waals surface area contributed by atoms with Crippen molar-refractivity contribution >= 4 is 17.7 Å². The van der Waals surface area contributed by atoms with Crippen LogP contribution in [0.2, 0.25) is 0 Å². The Morgan fingerprint density at radius 1 is 1.57 bits per heavy atom. The molecule has 0 aliphatic heterocycles. The Morgan fingerprint density at radius 3 is 2.79 bits per heavy atom. The average Bonchev–Trinajstić information content (AvgIpc) is 2.16. The standard InChI is InChI=1S/C10H13NO2S/c1-7(10(11)13)6-14-9-5-3-2-4-8(9)12/h2-5,7,12H,6H2,1H3,(H2,11,13). The number of para-hydroxylation sites is 1. The van der Waals surface area contributed by atoms with Crippen molar-refractivity contribution in [2.45, 2.75) is 11.8 Å². The Bertz CT molecular complexity index is 328. The molecule has 0 saturated heterocycles. The lowest BCUT2D eigenvalue weighted by Gasteiger charge is -2.07. The first-order chi connectivity index (χ1) is 6.61. The zero-order chi connectivity index (χ0) is 10.6. The third kappa shape index (κ3) is 2.96. The summed E-state index contributed by atoms with van der Waals surface area (Å²) in [6, 6.07) is 7.04. The number of aromatic hydroxyl groups is 1. The quantitative estimate of drug-likeness (QED) is 0.744. The maximum absolute atomic E-state index is 10.8. The van der Waals surface area contributed by atoms with Gasteiger partial charge in [-0.1, -0.05) is 19.1 Å². The molecule has 0 fully saturated rings. The minimum Gasteiger partial charge on any atom is -0.507 e. The van der Waals surface area contributed by atoms with Gasteiger partial charge < -0.3 is 10.8 Å². The van der Waals surface area contributed by atoms with Crippen LogP contribution in [-0.2, 0) is 4.79 Å². The van der Waals surface area contributed by atoms with E-state index < -0.39 is 0 Å². The number of nitrogens with two attached hydrogens (primary N) is 1. The highest BCUT2D eigenvalue weighted by Crippen LogP contribution is 2.28. The summed E-state index contributed by atoms with van der Waals surface area (Å²) in [5.74, 6) is 0.342. The maximum atomic E-state index is 10.8. The van der Waals surface area contributed by atoms with Crippen molar-refractivity contribution in [1.82, 2.24) is 0 Å². The third-order valence-corrected chi connectivity index (χ3v) is 3.16. The van der Waals surface area contributed by atoms with E-state index in [1.165, 1.54) is 11.8 Å². The normalized spacial score (nSPS) is 12.4. The number of hydrogen-bond donors (Lipinski definition) is 2. The highest BCUT2D eigenvalue weighted by atomic mass is 32.2. The molecule has 0 saturated carbocycles. The van der Waals surface area contributed by atoms with E-state index in [-0.39, 0.29) is 17.6 Å². The molecule has 1 amide bonds. The molecule has 14 heavy (non-hydrogen) atoms. The Hall–Kier alpha value is -1.16. The van der Waals surface area contributed by atoms with Crippen molar-refractivity contribution in [1.29, 1.82) is 0 Å². The van der Waals surface area contributed by atoms with Gasteiger partial charge in [0.05, 0.1) is 0 Å². The largest absolute Gasteiger partial charge is 0.507 e. The fraction of sp³-hybridized carbons (Fsp3) is 0.300. The molecule has 1 aromatic carbocycles. The average molecular weight is 211 g/mol. The number of rotatable bonds is 4. The van der Waals surface area contributed by atoms with Crippen LogP contribution in [0.3, 0.4) is 0 Å². The molecule has 1 unspecified atom stereocenters. The van der Waals surface area contributed by atoms with Crippen molar-refractivity contribution < 1.29 is 9.90 Å². The molecule has 0 aromatic heterocycles. The minimum absolute atomic E-state index is 0.181. The summed E-state index contributed by atoms with van der Waals surface area (Å²) in [7, 11) is 0. The summed E-state index contributed by atoms with van der Waals surface area (Å²) in [6.45, 7) is 1.77. The molecular formula is C10H13NO2S. The van der Waals surface area contributed by atoms with Gasteiger partial charge in [-0.3, -0.25) is 4.79 Å². The predicted molar refractivity (Wildman–Crippen MR) is 57.2 cm³/mol. The molecule has 0 heterocycles. The van der Waals surface area contributed by atoms with Gasteiger partial charge in [-0.05, 0) is 12.1 Å². The second-order valence-corrected chi connectivity index (χ2v) is 4.14. The van der Waals surface area contributed by atoms with E-state index in [0.29, 0.717) is 5.75 Å². The number of primary amides is 1. The minimum atomic E-state index is -0.312. The van der Waals surface area contributed by atoms with Gasteiger partial charge >= 0.3 is 0 Å². The molecule has 0 spiro atoms. The molecule has 3 nitrogen and oxygen atoms in total. The monoisotopic (exact) mass is 211 g/mol. The van der Waals surface area contributed by atoms with Crippen LogP contribution in [0, 0.1) is 5.92 Å². The topological polar surface area (TPSA) is 63.3 Å². The first-order valence-electron chi connectivity index (χ1n) is 4.31. The van der Waals surface area contributed by atoms with Gasteiger partial charge in [-0.25, -0.2) is 0 Å². The fourth-order valence-electron chi connectivity index (χ4n) is 0.876. The van der Waals surface area contributed by atoms with E-state index in [9.17, 15) is 9.90 Å². The number of phenols is 1. The van der Waals surface area contributed by atoms with Crippen molar-refractivity contribution in [3.05, 3.63) is 24.3 Å². The van der Waals surface area contributed by atoms with Crippen LogP contribution in [-0.4, -0.2) is 16.8 Å². The Kier molecular flexibility index (Phi) is 3.83. The van der Waals surface area contributed by atoms with E-state index in [1.807, 2.05) is 12.1 Å². The summed E-state index contributed by atoms with van der Waals surface area (Å²) in [6.07, 6.45) is 0. The maximum Gasteiger partial charge on any atom is 0.221 e. The zero-order valence-electron chi connectivity index (χ0n) is 7.93. The van der Waals surface area contributed by atoms with Crippen LogP contribution < -0.4 is 5.73 Å². The van der Waals surface area contributed by atoms with E-state index in [2.05, 4.69) is 0 Å². The summed E-state index contributed by atoms with van der Waals surface area (Å²) in [5, 5.41) is 9.42. The van der Waals surface area contributed by atoms with Gasteiger partial charge in [0.25, 0.3) is 0 Å². The molecule has 1 atom stereocenters. The van der Waals surface area contributed by atoms with E-state index in [1.54, 1.807) is 19.1 Å². The summed E-state index contributed by atoms with van der Waals surface area (Å²) in [4.78, 5) is 11.5. The first kappa shape index (κ1) is 10.9. The van der Waals surface area contributed by atoms with Gasteiger partial charge in [0.1, 0.15) is 5.75 Å². The first-order valence-corrected chi connectivity index (χ1v) is 5.30. The van der Waals surface area contributed by atoms with E-state index in [4.69, 9.17) is 5.73 Å². The van der Waals surface area contributed by atoms with Crippen LogP contribution in [0.5, 0.6) is 5.75 Å². The van der Waals surface area contributed by atoms with E-state index in [0.717, 1.165) is 4.90 Å². The van der Waals surface area contributed by atoms with Crippen molar-refractivity contribution in [3.8, 4) is 5.75 Å². The molecule has 0 radical (unpaired) electrons. The number of hydrogen-bond acceptors (Lipinski definition) is 3. The van der Waals surface area contributed by atoms with Gasteiger partial charge in [0.15, 0.2) is 0 Å². The number of phenolic OH excluding ortho intramolecular Hbond substituents is 1. The molecule has 76 valence electrons. The number of thioether (sulfide) groups is 1. The zero-order valence-corrected chi connectivity index (χ0v) is 8.75. The number of benzene rings is 1. The van der Waals surface area contributed by atoms with E-state index >= 15 is 0 Å². The highest BCUT2D eigenvalue weighted by Gasteiger charge is 2.10. The molecular weight excluding hydrogens is 198 g/mol. The lowest BCUT2D eigenvalue weighted by molar-refractivity contribution is -0.120. The van der Waals surface area contributed by atoms with Crippen LogP contribution in [0.15, 0.2) is 29.2 Å². The van der Waals surface area contributed by atoms with Gasteiger partial charge in [-0.15, -0.1) is 11.8 Å². The van der Waals surface area contributed by atoms with Crippen molar-refractivity contribution in [2.75, 3.05) is 5.75 Å². The summed E-state index contributed by atoms with van der Waals surface area (Å²) in [5.41, 5.74) is 5.12. The molecule has 1 rings (SSSR count). The number of carbonyl (C=O) groups is 1. The number of amides is 1. The Balaban J connectivity index is 2.54. The number of carbonyl (C=O) groups excluding carboxylic acids is 1. The van der Waals surface area contributed by atoms with Crippen molar-refractivity contribution in [3.63, 3.8) is 0 Å². The Labute approximate surface area is 87.3 Å². The summed E-state index contributed by atoms with van der Waals surface area (Å²) >= 11 is 1.43. The SMILES string of the molecule is CC(CSc1ccccc1O)C(N)=O. The van der Waals surface area contributed by atoms with Gasteiger partial charge in [0, 0.05) is 16.6 Å². The fourth-order valence-corrected chi connectivity index (χ4v) is 1.86. The van der Waals surface area contributed by atoms with Gasteiger partial charge in [0.2, 0.25) is 5.91 Å². The smallest absolute Gasteiger partial charge is 0.221 e. The van der Waals surface area contributed by atoms with Crippen LogP contribution in [0.4, 0.5) is 0 Å². The summed E-state index contributed by atoms with van der Waals surface area (Å²) < 4.78 is 0. The van der Waals surface area contributed by atoms with Crippen molar-refractivity contribution in [2.24, 2.45) is 11.7 Å². The second-order valence-electron chi connectivity index (χ2n) is 3.08. The lowest BCUT2D eigenvalue weighted by atomic mass is 10.2. The molecule has 0 aliphatic rings. The lowest BCUT2D eigenvalue weighted by Crippen LogP contribution is -2.22. The molecule has 3 N–H and O–H groups in total. The predicted octanol–water partition coefficient (Wildman–Crippen LogP) is 1.61. The van der Waals surface area contributed by atoms with Crippen LogP contribution in [0.1, 0.15) is 6.92 Å². The van der Waals surface area contributed by atoms with Crippen LogP contribution in [0.25, 0.3) is 0 Å². The van der Waals surface area contributed by atoms with Crippen LogP contribution >= 0.6 is 11.8 Å². The molecule has 0 aliphatic carbocycles. The third-order valence-electron chi connectivity index (χ3n) is 1.84. The Morgan fingerprint density at radius 2 is 2.21 bits per heavy atom. The second kappa shape index (κ2) is 4.91. The molecule has 1 aromatic rings.